The molecule has 0 atom stereocenters. The van der Waals surface area contributed by atoms with Crippen LogP contribution in [0.15, 0.2) is 93.7 Å². The lowest BCUT2D eigenvalue weighted by Crippen LogP contribution is -2.16. The molecule has 0 amide bonds. The second-order valence-electron chi connectivity index (χ2n) is 6.47. The molecule has 0 aliphatic rings. The van der Waals surface area contributed by atoms with Gasteiger partial charge in [0.2, 0.25) is 4.80 Å². The van der Waals surface area contributed by atoms with Crippen LogP contribution in [0.25, 0.3) is 11.3 Å². The number of hydrogen-bond acceptors (Lipinski definition) is 4. The maximum atomic E-state index is 5.59. The summed E-state index contributed by atoms with van der Waals surface area (Å²) in [6.45, 7) is 4.72. The van der Waals surface area contributed by atoms with E-state index >= 15 is 0 Å². The van der Waals surface area contributed by atoms with Crippen LogP contribution >= 0.6 is 11.3 Å². The van der Waals surface area contributed by atoms with Gasteiger partial charge in [-0.2, -0.15) is 5.10 Å². The highest BCUT2D eigenvalue weighted by molar-refractivity contribution is 7.09. The largest absolute Gasteiger partial charge is 0.467 e. The molecule has 5 heteroatoms. The van der Waals surface area contributed by atoms with Gasteiger partial charge in [-0.3, -0.25) is 0 Å². The van der Waals surface area contributed by atoms with Crippen LogP contribution in [0, 0.1) is 6.92 Å². The molecule has 0 N–H and O–H groups in total. The topological polar surface area (TPSA) is 42.8 Å². The molecule has 0 fully saturated rings. The van der Waals surface area contributed by atoms with Crippen molar-refractivity contribution in [1.82, 2.24) is 4.57 Å². The first-order chi connectivity index (χ1) is 13.7. The average Bonchev–Trinajstić information content (AvgIpc) is 3.35. The summed E-state index contributed by atoms with van der Waals surface area (Å²) in [5.74, 6) is 0.889. The van der Waals surface area contributed by atoms with Crippen LogP contribution in [-0.4, -0.2) is 10.3 Å². The predicted octanol–water partition coefficient (Wildman–Crippen LogP) is 5.49. The molecule has 0 aliphatic heterocycles. The normalized spacial score (nSPS) is 12.5. The van der Waals surface area contributed by atoms with Crippen molar-refractivity contribution in [3.63, 3.8) is 0 Å². The van der Waals surface area contributed by atoms with Crippen LogP contribution < -0.4 is 4.80 Å². The van der Waals surface area contributed by atoms with E-state index in [-0.39, 0.29) is 0 Å². The molecule has 4 rings (SSSR count). The predicted molar refractivity (Wildman–Crippen MR) is 115 cm³/mol. The number of aryl methyl sites for hydroxylation is 1. The highest BCUT2D eigenvalue weighted by atomic mass is 32.1. The van der Waals surface area contributed by atoms with Crippen LogP contribution in [0.2, 0.25) is 0 Å². The molecule has 4 nitrogen and oxygen atoms in total. The molecular weight excluding hydrogens is 366 g/mol. The average molecular weight is 388 g/mol. The number of hydrogen-bond donors (Lipinski definition) is 0. The third kappa shape index (κ3) is 3.89. The monoisotopic (exact) mass is 387 g/mol. The summed E-state index contributed by atoms with van der Waals surface area (Å²) in [5, 5.41) is 9.10. The minimum absolute atomic E-state index is 0.611. The van der Waals surface area contributed by atoms with Crippen LogP contribution in [0.4, 0.5) is 0 Å². The zero-order valence-electron chi connectivity index (χ0n) is 15.9. The van der Waals surface area contributed by atoms with Crippen molar-refractivity contribution in [1.29, 1.82) is 0 Å². The van der Waals surface area contributed by atoms with Crippen molar-refractivity contribution in [2.75, 3.05) is 0 Å². The van der Waals surface area contributed by atoms with Gasteiger partial charge in [0.15, 0.2) is 0 Å². The van der Waals surface area contributed by atoms with Gasteiger partial charge in [0, 0.05) is 4.88 Å². The Morgan fingerprint density at radius 2 is 1.68 bits per heavy atom. The summed E-state index contributed by atoms with van der Waals surface area (Å²) in [7, 11) is 0. The third-order valence-corrected chi connectivity index (χ3v) is 5.48. The van der Waals surface area contributed by atoms with Gasteiger partial charge in [0.25, 0.3) is 0 Å². The fourth-order valence-electron chi connectivity index (χ4n) is 3.12. The Balaban J connectivity index is 1.83. The van der Waals surface area contributed by atoms with E-state index in [0.717, 1.165) is 33.1 Å². The fourth-order valence-corrected chi connectivity index (χ4v) is 4.06. The lowest BCUT2D eigenvalue weighted by Gasteiger charge is -2.08. The highest BCUT2D eigenvalue weighted by Gasteiger charge is 2.14. The summed E-state index contributed by atoms with van der Waals surface area (Å²) in [6, 6.07) is 24.4. The second-order valence-corrected chi connectivity index (χ2v) is 7.65. The molecule has 2 aromatic carbocycles. The maximum absolute atomic E-state index is 5.59. The Kier molecular flexibility index (Phi) is 5.35. The number of rotatable bonds is 5. The van der Waals surface area contributed by atoms with E-state index < -0.39 is 0 Å². The molecule has 0 radical (unpaired) electrons. The van der Waals surface area contributed by atoms with Crippen molar-refractivity contribution in [2.45, 2.75) is 20.4 Å². The number of nitrogens with zero attached hydrogens (tertiary/aromatic N) is 3. The SMILES string of the molecule is C/C(=N\N=c1/sc(C)c(-c2ccccc2)n1Cc1ccco1)c1ccccc1. The summed E-state index contributed by atoms with van der Waals surface area (Å²) < 4.78 is 7.77. The lowest BCUT2D eigenvalue weighted by molar-refractivity contribution is 0.491. The molecule has 0 aliphatic carbocycles. The first-order valence-corrected chi connectivity index (χ1v) is 9.96. The standard InChI is InChI=1S/C23H21N3OS/c1-17(19-10-5-3-6-11-19)24-25-23-26(16-21-14-9-15-27-21)22(18(2)28-23)20-12-7-4-8-13-20/h3-15H,16H2,1-2H3/b24-17+,25-23-. The van der Waals surface area contributed by atoms with E-state index in [1.54, 1.807) is 17.6 Å². The molecule has 0 unspecified atom stereocenters. The second kappa shape index (κ2) is 8.23. The van der Waals surface area contributed by atoms with E-state index in [0.29, 0.717) is 6.54 Å². The van der Waals surface area contributed by atoms with Crippen molar-refractivity contribution in [2.24, 2.45) is 10.2 Å². The first kappa shape index (κ1) is 18.2. The molecule has 28 heavy (non-hydrogen) atoms. The molecule has 0 spiro atoms. The van der Waals surface area contributed by atoms with E-state index in [2.05, 4.69) is 46.0 Å². The zero-order valence-corrected chi connectivity index (χ0v) is 16.7. The van der Waals surface area contributed by atoms with Gasteiger partial charge < -0.3 is 8.98 Å². The van der Waals surface area contributed by atoms with Crippen LogP contribution in [0.3, 0.4) is 0 Å². The summed E-state index contributed by atoms with van der Waals surface area (Å²) >= 11 is 1.64. The molecule has 0 saturated heterocycles. The first-order valence-electron chi connectivity index (χ1n) is 9.14. The van der Waals surface area contributed by atoms with Crippen LogP contribution in [-0.2, 0) is 6.54 Å². The van der Waals surface area contributed by atoms with Crippen LogP contribution in [0.5, 0.6) is 0 Å². The minimum atomic E-state index is 0.611. The Morgan fingerprint density at radius 1 is 0.964 bits per heavy atom. The van der Waals surface area contributed by atoms with E-state index in [9.17, 15) is 0 Å². The van der Waals surface area contributed by atoms with E-state index in [1.807, 2.05) is 55.5 Å². The van der Waals surface area contributed by atoms with Crippen molar-refractivity contribution >= 4 is 17.0 Å². The van der Waals surface area contributed by atoms with Gasteiger partial charge >= 0.3 is 0 Å². The minimum Gasteiger partial charge on any atom is -0.467 e. The smallest absolute Gasteiger partial charge is 0.211 e. The molecular formula is C23H21N3OS. The quantitative estimate of drug-likeness (QED) is 0.330. The highest BCUT2D eigenvalue weighted by Crippen LogP contribution is 2.26. The van der Waals surface area contributed by atoms with Gasteiger partial charge in [0.1, 0.15) is 5.76 Å². The molecule has 2 heterocycles. The third-order valence-electron chi connectivity index (χ3n) is 4.50. The van der Waals surface area contributed by atoms with Gasteiger partial charge in [-0.15, -0.1) is 5.10 Å². The fraction of sp³-hybridized carbons (Fsp3) is 0.130. The molecule has 0 bridgehead atoms. The molecule has 4 aromatic rings. The van der Waals surface area contributed by atoms with Crippen molar-refractivity contribution in [3.8, 4) is 11.3 Å². The summed E-state index contributed by atoms with van der Waals surface area (Å²) in [5.41, 5.74) is 4.26. The van der Waals surface area contributed by atoms with Gasteiger partial charge in [-0.1, -0.05) is 72.0 Å². The van der Waals surface area contributed by atoms with Gasteiger partial charge in [-0.25, -0.2) is 0 Å². The number of furan rings is 1. The number of thiazole rings is 1. The van der Waals surface area contributed by atoms with E-state index in [4.69, 9.17) is 4.42 Å². The Morgan fingerprint density at radius 3 is 2.36 bits per heavy atom. The van der Waals surface area contributed by atoms with E-state index in [1.165, 1.54) is 4.88 Å². The summed E-state index contributed by atoms with van der Waals surface area (Å²) in [4.78, 5) is 2.05. The van der Waals surface area contributed by atoms with Gasteiger partial charge in [-0.05, 0) is 37.1 Å². The Hall–Kier alpha value is -3.18. The van der Waals surface area contributed by atoms with Gasteiger partial charge in [0.05, 0.1) is 24.2 Å². The summed E-state index contributed by atoms with van der Waals surface area (Å²) in [6.07, 6.45) is 1.70. The Bertz CT molecular complexity index is 1140. The Labute approximate surface area is 168 Å². The lowest BCUT2D eigenvalue weighted by atomic mass is 10.1. The molecule has 140 valence electrons. The number of aromatic nitrogens is 1. The van der Waals surface area contributed by atoms with Crippen molar-refractivity contribution < 1.29 is 4.42 Å². The zero-order chi connectivity index (χ0) is 19.3. The number of benzene rings is 2. The van der Waals surface area contributed by atoms with Crippen molar-refractivity contribution in [3.05, 3.63) is 100 Å². The maximum Gasteiger partial charge on any atom is 0.211 e. The van der Waals surface area contributed by atoms with Crippen LogP contribution in [0.1, 0.15) is 23.1 Å². The molecule has 2 aromatic heterocycles. The molecule has 0 saturated carbocycles.